The number of benzene rings is 1. The highest BCUT2D eigenvalue weighted by Gasteiger charge is 2.40. The number of halogens is 1. The zero-order valence-corrected chi connectivity index (χ0v) is 20.7. The van der Waals surface area contributed by atoms with Gasteiger partial charge in [-0.25, -0.2) is 9.97 Å². The monoisotopic (exact) mass is 529 g/mol. The summed E-state index contributed by atoms with van der Waals surface area (Å²) >= 11 is 4.95. The Morgan fingerprint density at radius 2 is 2.18 bits per heavy atom. The van der Waals surface area contributed by atoms with Crippen LogP contribution in [0.15, 0.2) is 46.5 Å². The fourth-order valence-corrected chi connectivity index (χ4v) is 5.27. The molecule has 10 heteroatoms. The molecule has 0 bridgehead atoms. The molecule has 1 aliphatic rings. The van der Waals surface area contributed by atoms with E-state index < -0.39 is 6.04 Å². The van der Waals surface area contributed by atoms with Crippen LogP contribution in [-0.4, -0.2) is 63.9 Å². The molecule has 8 nitrogen and oxygen atoms in total. The molecule has 1 fully saturated rings. The van der Waals surface area contributed by atoms with Crippen molar-refractivity contribution in [3.05, 3.63) is 57.0 Å². The lowest BCUT2D eigenvalue weighted by Gasteiger charge is -2.44. The Labute approximate surface area is 204 Å². The van der Waals surface area contributed by atoms with Gasteiger partial charge in [-0.1, -0.05) is 6.07 Å². The summed E-state index contributed by atoms with van der Waals surface area (Å²) in [4.78, 5) is 39.0. The van der Waals surface area contributed by atoms with Crippen molar-refractivity contribution in [3.63, 3.8) is 0 Å². The van der Waals surface area contributed by atoms with Crippen molar-refractivity contribution in [2.75, 3.05) is 26.0 Å². The molecule has 172 valence electrons. The quantitative estimate of drug-likeness (QED) is 0.491. The number of rotatable bonds is 6. The SMILES string of the molecule is COCC1C(=O)N(Cc2ccc3c(N)ncnc3c2)C(C)CN1C(=O)/C=C/c1cc(Br)cs1. The molecule has 2 atom stereocenters. The molecule has 1 aromatic carbocycles. The van der Waals surface area contributed by atoms with Crippen LogP contribution in [0.2, 0.25) is 0 Å². The number of hydrogen-bond donors (Lipinski definition) is 1. The van der Waals surface area contributed by atoms with Crippen molar-refractivity contribution in [3.8, 4) is 0 Å². The van der Waals surface area contributed by atoms with Crippen LogP contribution in [0.25, 0.3) is 17.0 Å². The summed E-state index contributed by atoms with van der Waals surface area (Å²) in [7, 11) is 1.53. The Bertz CT molecular complexity index is 1210. The number of piperazine rings is 1. The smallest absolute Gasteiger partial charge is 0.248 e. The lowest BCUT2D eigenvalue weighted by molar-refractivity contribution is -0.155. The first-order valence-electron chi connectivity index (χ1n) is 10.4. The first kappa shape index (κ1) is 23.3. The van der Waals surface area contributed by atoms with Crippen molar-refractivity contribution >= 4 is 61.9 Å². The minimum absolute atomic E-state index is 0.133. The molecule has 33 heavy (non-hydrogen) atoms. The lowest BCUT2D eigenvalue weighted by Crippen LogP contribution is -2.63. The Kier molecular flexibility index (Phi) is 7.06. The van der Waals surface area contributed by atoms with Crippen molar-refractivity contribution in [2.24, 2.45) is 0 Å². The number of methoxy groups -OCH3 is 1. The number of amides is 2. The second-order valence-electron chi connectivity index (χ2n) is 7.89. The largest absolute Gasteiger partial charge is 0.383 e. The van der Waals surface area contributed by atoms with Gasteiger partial charge in [-0.05, 0) is 52.7 Å². The summed E-state index contributed by atoms with van der Waals surface area (Å²) in [5, 5.41) is 2.73. The van der Waals surface area contributed by atoms with E-state index in [2.05, 4.69) is 25.9 Å². The second-order valence-corrected chi connectivity index (χ2v) is 9.75. The minimum Gasteiger partial charge on any atom is -0.383 e. The number of ether oxygens (including phenoxy) is 1. The van der Waals surface area contributed by atoms with Crippen molar-refractivity contribution in [1.82, 2.24) is 19.8 Å². The zero-order chi connectivity index (χ0) is 23.5. The number of carbonyl (C=O) groups is 2. The summed E-state index contributed by atoms with van der Waals surface area (Å²) in [6.07, 6.45) is 4.71. The van der Waals surface area contributed by atoms with Crippen LogP contribution in [0.3, 0.4) is 0 Å². The predicted molar refractivity (Wildman–Crippen MR) is 132 cm³/mol. The molecule has 2 N–H and O–H groups in total. The van der Waals surface area contributed by atoms with E-state index >= 15 is 0 Å². The van der Waals surface area contributed by atoms with Crippen molar-refractivity contribution < 1.29 is 14.3 Å². The first-order chi connectivity index (χ1) is 15.9. The molecule has 0 radical (unpaired) electrons. The van der Waals surface area contributed by atoms with E-state index in [1.165, 1.54) is 30.8 Å². The van der Waals surface area contributed by atoms with Crippen molar-refractivity contribution in [2.45, 2.75) is 25.6 Å². The van der Waals surface area contributed by atoms with Crippen LogP contribution in [0, 0.1) is 0 Å². The van der Waals surface area contributed by atoms with Gasteiger partial charge in [0.15, 0.2) is 0 Å². The standard InChI is InChI=1S/C23H24BrN5O3S/c1-14-9-29(21(30)6-4-17-8-16(24)12-33-17)20(11-32-2)23(31)28(14)10-15-3-5-18-19(7-15)26-13-27-22(18)25/h3-8,12-14,20H,9-11H2,1-2H3,(H2,25,26,27)/b6-4+. The third kappa shape index (κ3) is 5.07. The number of nitrogens with zero attached hydrogens (tertiary/aromatic N) is 4. The van der Waals surface area contributed by atoms with Gasteiger partial charge in [0.05, 0.1) is 12.1 Å². The minimum atomic E-state index is -0.683. The Hall–Kier alpha value is -2.82. The number of nitrogen functional groups attached to an aromatic ring is 1. The van der Waals surface area contributed by atoms with Gasteiger partial charge in [-0.15, -0.1) is 11.3 Å². The number of carbonyl (C=O) groups excluding carboxylic acids is 2. The molecule has 4 rings (SSSR count). The molecule has 3 heterocycles. The number of aromatic nitrogens is 2. The summed E-state index contributed by atoms with van der Waals surface area (Å²) in [6.45, 7) is 2.90. The summed E-state index contributed by atoms with van der Waals surface area (Å²) in [6, 6.07) is 6.80. The highest BCUT2D eigenvalue weighted by atomic mass is 79.9. The van der Waals surface area contributed by atoms with Crippen LogP contribution in [0.1, 0.15) is 17.4 Å². The Morgan fingerprint density at radius 1 is 1.36 bits per heavy atom. The number of nitrogens with two attached hydrogens (primary N) is 1. The van der Waals surface area contributed by atoms with E-state index in [4.69, 9.17) is 10.5 Å². The third-order valence-corrected chi connectivity index (χ3v) is 7.27. The second kappa shape index (κ2) is 9.98. The molecular formula is C23H24BrN5O3S. The lowest BCUT2D eigenvalue weighted by atomic mass is 10.0. The third-order valence-electron chi connectivity index (χ3n) is 5.61. The van der Waals surface area contributed by atoms with E-state index in [1.807, 2.05) is 36.6 Å². The van der Waals surface area contributed by atoms with Gasteiger partial charge >= 0.3 is 0 Å². The van der Waals surface area contributed by atoms with Crippen molar-refractivity contribution in [1.29, 1.82) is 0 Å². The normalized spacial score (nSPS) is 19.1. The average molecular weight is 530 g/mol. The van der Waals surface area contributed by atoms with E-state index in [1.54, 1.807) is 15.9 Å². The van der Waals surface area contributed by atoms with E-state index in [0.717, 1.165) is 25.8 Å². The fourth-order valence-electron chi connectivity index (χ4n) is 3.93. The summed E-state index contributed by atoms with van der Waals surface area (Å²) < 4.78 is 6.27. The van der Waals surface area contributed by atoms with Gasteiger partial charge in [-0.3, -0.25) is 9.59 Å². The van der Waals surface area contributed by atoms with E-state index in [9.17, 15) is 9.59 Å². The first-order valence-corrected chi connectivity index (χ1v) is 12.1. The van der Waals surface area contributed by atoms with Gasteiger partial charge in [0.1, 0.15) is 18.2 Å². The van der Waals surface area contributed by atoms with Gasteiger partial charge in [-0.2, -0.15) is 0 Å². The molecular weight excluding hydrogens is 506 g/mol. The van der Waals surface area contributed by atoms with Crippen LogP contribution in [0.5, 0.6) is 0 Å². The summed E-state index contributed by atoms with van der Waals surface area (Å²) in [5.41, 5.74) is 7.58. The van der Waals surface area contributed by atoms with E-state index in [-0.39, 0.29) is 24.5 Å². The Balaban J connectivity index is 1.53. The molecule has 3 aromatic rings. The van der Waals surface area contributed by atoms with Gasteiger partial charge in [0, 0.05) is 52.4 Å². The van der Waals surface area contributed by atoms with Crippen LogP contribution in [0.4, 0.5) is 5.82 Å². The molecule has 0 aliphatic carbocycles. The van der Waals surface area contributed by atoms with Crippen LogP contribution < -0.4 is 5.73 Å². The zero-order valence-electron chi connectivity index (χ0n) is 18.3. The average Bonchev–Trinajstić information content (AvgIpc) is 3.22. The van der Waals surface area contributed by atoms with Crippen LogP contribution in [-0.2, 0) is 20.9 Å². The topological polar surface area (TPSA) is 102 Å². The number of fused-ring (bicyclic) bond motifs is 1. The Morgan fingerprint density at radius 3 is 2.91 bits per heavy atom. The fraction of sp³-hybridized carbons (Fsp3) is 0.304. The van der Waals surface area contributed by atoms with E-state index in [0.29, 0.717) is 18.9 Å². The maximum absolute atomic E-state index is 13.4. The number of hydrogen-bond acceptors (Lipinski definition) is 7. The number of thiophene rings is 1. The summed E-state index contributed by atoms with van der Waals surface area (Å²) in [5.74, 6) is 0.0732. The predicted octanol–water partition coefficient (Wildman–Crippen LogP) is 3.32. The molecule has 2 aromatic heterocycles. The molecule has 2 unspecified atom stereocenters. The molecule has 1 aliphatic heterocycles. The highest BCUT2D eigenvalue weighted by Crippen LogP contribution is 2.24. The molecule has 1 saturated heterocycles. The maximum Gasteiger partial charge on any atom is 0.248 e. The molecule has 0 spiro atoms. The molecule has 0 saturated carbocycles. The number of anilines is 1. The van der Waals surface area contributed by atoms with Gasteiger partial charge in [0.2, 0.25) is 11.8 Å². The molecule has 2 amide bonds. The van der Waals surface area contributed by atoms with Gasteiger partial charge in [0.25, 0.3) is 0 Å². The maximum atomic E-state index is 13.4. The van der Waals surface area contributed by atoms with Crippen LogP contribution >= 0.6 is 27.3 Å². The highest BCUT2D eigenvalue weighted by molar-refractivity contribution is 9.10. The van der Waals surface area contributed by atoms with Gasteiger partial charge < -0.3 is 20.3 Å².